The number of carbonyl (C=O) groups excluding carboxylic acids is 2. The van der Waals surface area contributed by atoms with Gasteiger partial charge >= 0.3 is 5.97 Å². The van der Waals surface area contributed by atoms with Crippen molar-refractivity contribution < 1.29 is 27.1 Å². The van der Waals surface area contributed by atoms with E-state index in [4.69, 9.17) is 11.2 Å². The number of amides is 1. The van der Waals surface area contributed by atoms with Gasteiger partial charge in [0.2, 0.25) is 10.0 Å². The van der Waals surface area contributed by atoms with E-state index in [1.807, 2.05) is 0 Å². The maximum atomic E-state index is 13.0. The predicted octanol–water partition coefficient (Wildman–Crippen LogP) is 0.271. The highest BCUT2D eigenvalue weighted by atomic mass is 32.2. The Balaban J connectivity index is 2.06. The summed E-state index contributed by atoms with van der Waals surface area (Å²) in [4.78, 5) is 23.4. The first kappa shape index (κ1) is 18.9. The van der Waals surface area contributed by atoms with Crippen LogP contribution in [0.2, 0.25) is 0 Å². The van der Waals surface area contributed by atoms with Crippen molar-refractivity contribution in [1.82, 2.24) is 9.62 Å². The number of halogens is 1. The summed E-state index contributed by atoms with van der Waals surface area (Å²) >= 11 is 0. The van der Waals surface area contributed by atoms with Crippen LogP contribution in [-0.4, -0.2) is 50.3 Å². The molecule has 25 heavy (non-hydrogen) atoms. The zero-order valence-corrected chi connectivity index (χ0v) is 14.1. The molecule has 0 spiro atoms. The maximum Gasteiger partial charge on any atom is 0.324 e. The molecule has 1 aromatic carbocycles. The number of hydrogen-bond donors (Lipinski definition) is 1. The van der Waals surface area contributed by atoms with E-state index in [1.54, 1.807) is 0 Å². The van der Waals surface area contributed by atoms with Crippen LogP contribution in [0.5, 0.6) is 0 Å². The molecule has 1 heterocycles. The Kier molecular flexibility index (Phi) is 6.12. The monoisotopic (exact) mass is 368 g/mol. The summed E-state index contributed by atoms with van der Waals surface area (Å²) in [5.74, 6) is 0.264. The van der Waals surface area contributed by atoms with Crippen LogP contribution in [0.4, 0.5) is 4.39 Å². The number of ether oxygens (including phenoxy) is 1. The minimum absolute atomic E-state index is 0.00484. The third kappa shape index (κ3) is 4.55. The van der Waals surface area contributed by atoms with E-state index in [-0.39, 0.29) is 24.4 Å². The van der Waals surface area contributed by atoms with Crippen molar-refractivity contribution in [2.24, 2.45) is 0 Å². The fraction of sp³-hybridized carbons (Fsp3) is 0.375. The summed E-state index contributed by atoms with van der Waals surface area (Å²) in [6.07, 6.45) is 5.75. The standard InChI is InChI=1S/C16H17FN2O5S/c1-2-9-18-15(20)11-24-16(21)14-4-3-10-19(14)25(22,23)13-7-5-12(17)6-8-13/h1,5-8,14H,3-4,9-11H2,(H,18,20)/t14-/m0/s1. The smallest absolute Gasteiger partial charge is 0.324 e. The highest BCUT2D eigenvalue weighted by Gasteiger charge is 2.40. The van der Waals surface area contributed by atoms with Gasteiger partial charge in [0.15, 0.2) is 6.61 Å². The molecule has 0 unspecified atom stereocenters. The Labute approximate surface area is 145 Å². The molecule has 0 aromatic heterocycles. The van der Waals surface area contributed by atoms with Gasteiger partial charge in [-0.05, 0) is 37.1 Å². The third-order valence-electron chi connectivity index (χ3n) is 3.63. The summed E-state index contributed by atoms with van der Waals surface area (Å²) in [7, 11) is -3.96. The number of rotatable bonds is 6. The van der Waals surface area contributed by atoms with Crippen LogP contribution in [0.15, 0.2) is 29.2 Å². The molecule has 9 heteroatoms. The normalized spacial score (nSPS) is 17.7. The Bertz CT molecular complexity index is 786. The van der Waals surface area contributed by atoms with Crippen molar-refractivity contribution in [3.05, 3.63) is 30.1 Å². The van der Waals surface area contributed by atoms with E-state index in [0.29, 0.717) is 6.42 Å². The van der Waals surface area contributed by atoms with Crippen LogP contribution in [0.1, 0.15) is 12.8 Å². The molecule has 1 aliphatic rings. The molecule has 1 amide bonds. The summed E-state index contributed by atoms with van der Waals surface area (Å²) in [5, 5.41) is 2.33. The third-order valence-corrected chi connectivity index (χ3v) is 5.55. The van der Waals surface area contributed by atoms with Crippen LogP contribution in [0, 0.1) is 18.2 Å². The van der Waals surface area contributed by atoms with Crippen molar-refractivity contribution in [1.29, 1.82) is 0 Å². The summed E-state index contributed by atoms with van der Waals surface area (Å²) in [6.45, 7) is -0.394. The summed E-state index contributed by atoms with van der Waals surface area (Å²) in [6, 6.07) is 3.32. The van der Waals surface area contributed by atoms with Crippen molar-refractivity contribution in [2.75, 3.05) is 19.7 Å². The maximum absolute atomic E-state index is 13.0. The van der Waals surface area contributed by atoms with E-state index in [1.165, 1.54) is 0 Å². The van der Waals surface area contributed by atoms with Gasteiger partial charge in [0.1, 0.15) is 11.9 Å². The molecule has 0 aliphatic carbocycles. The molecular weight excluding hydrogens is 351 g/mol. The predicted molar refractivity (Wildman–Crippen MR) is 86.1 cm³/mol. The number of hydrogen-bond acceptors (Lipinski definition) is 5. The molecule has 0 saturated carbocycles. The molecular formula is C16H17FN2O5S. The lowest BCUT2D eigenvalue weighted by molar-refractivity contribution is -0.151. The topological polar surface area (TPSA) is 92.8 Å². The van der Waals surface area contributed by atoms with Gasteiger partial charge in [0, 0.05) is 6.54 Å². The quantitative estimate of drug-likeness (QED) is 0.575. The number of sulfonamides is 1. The van der Waals surface area contributed by atoms with E-state index in [0.717, 1.165) is 28.6 Å². The lowest BCUT2D eigenvalue weighted by atomic mass is 10.2. The molecule has 1 aromatic rings. The molecule has 1 aliphatic heterocycles. The molecule has 7 nitrogen and oxygen atoms in total. The van der Waals surface area contributed by atoms with Gasteiger partial charge in [0.25, 0.3) is 5.91 Å². The average molecular weight is 368 g/mol. The van der Waals surface area contributed by atoms with Crippen LogP contribution in [0.25, 0.3) is 0 Å². The molecule has 1 saturated heterocycles. The first-order chi connectivity index (χ1) is 11.9. The molecule has 1 atom stereocenters. The fourth-order valence-corrected chi connectivity index (χ4v) is 4.09. The van der Waals surface area contributed by atoms with Crippen molar-refractivity contribution in [2.45, 2.75) is 23.8 Å². The average Bonchev–Trinajstić information content (AvgIpc) is 3.09. The summed E-state index contributed by atoms with van der Waals surface area (Å²) < 4.78 is 44.2. The first-order valence-electron chi connectivity index (χ1n) is 7.50. The molecule has 2 rings (SSSR count). The second-order valence-electron chi connectivity index (χ2n) is 5.32. The van der Waals surface area contributed by atoms with Gasteiger partial charge in [-0.25, -0.2) is 12.8 Å². The molecule has 134 valence electrons. The molecule has 0 bridgehead atoms. The highest BCUT2D eigenvalue weighted by Crippen LogP contribution is 2.26. The van der Waals surface area contributed by atoms with E-state index < -0.39 is 40.4 Å². The van der Waals surface area contributed by atoms with Crippen LogP contribution >= 0.6 is 0 Å². The number of nitrogens with zero attached hydrogens (tertiary/aromatic N) is 1. The zero-order valence-electron chi connectivity index (χ0n) is 13.3. The number of carbonyl (C=O) groups is 2. The van der Waals surface area contributed by atoms with Gasteiger partial charge in [-0.1, -0.05) is 5.92 Å². The zero-order chi connectivity index (χ0) is 18.4. The van der Waals surface area contributed by atoms with Crippen LogP contribution < -0.4 is 5.32 Å². The van der Waals surface area contributed by atoms with Gasteiger partial charge in [-0.15, -0.1) is 6.42 Å². The van der Waals surface area contributed by atoms with Crippen molar-refractivity contribution in [3.63, 3.8) is 0 Å². The number of benzene rings is 1. The van der Waals surface area contributed by atoms with Gasteiger partial charge in [-0.3, -0.25) is 9.59 Å². The van der Waals surface area contributed by atoms with Gasteiger partial charge in [-0.2, -0.15) is 4.31 Å². The van der Waals surface area contributed by atoms with Crippen LogP contribution in [0.3, 0.4) is 0 Å². The Morgan fingerprint density at radius 3 is 2.68 bits per heavy atom. The number of nitrogens with one attached hydrogen (secondary N) is 1. The Morgan fingerprint density at radius 1 is 1.36 bits per heavy atom. The van der Waals surface area contributed by atoms with Crippen molar-refractivity contribution >= 4 is 21.9 Å². The largest absolute Gasteiger partial charge is 0.454 e. The van der Waals surface area contributed by atoms with Gasteiger partial charge < -0.3 is 10.1 Å². The van der Waals surface area contributed by atoms with Gasteiger partial charge in [0.05, 0.1) is 11.4 Å². The number of terminal acetylenes is 1. The molecule has 1 N–H and O–H groups in total. The fourth-order valence-electron chi connectivity index (χ4n) is 2.44. The van der Waals surface area contributed by atoms with Crippen LogP contribution in [-0.2, 0) is 24.3 Å². The van der Waals surface area contributed by atoms with E-state index in [2.05, 4.69) is 11.2 Å². The first-order valence-corrected chi connectivity index (χ1v) is 8.94. The molecule has 0 radical (unpaired) electrons. The lowest BCUT2D eigenvalue weighted by Gasteiger charge is -2.22. The molecule has 1 fully saturated rings. The minimum Gasteiger partial charge on any atom is -0.454 e. The Morgan fingerprint density at radius 2 is 2.04 bits per heavy atom. The number of esters is 1. The Hall–Kier alpha value is -2.44. The minimum atomic E-state index is -3.96. The highest BCUT2D eigenvalue weighted by molar-refractivity contribution is 7.89. The van der Waals surface area contributed by atoms with Crippen molar-refractivity contribution in [3.8, 4) is 12.3 Å². The second-order valence-corrected chi connectivity index (χ2v) is 7.21. The van der Waals surface area contributed by atoms with E-state index in [9.17, 15) is 22.4 Å². The summed E-state index contributed by atoms with van der Waals surface area (Å²) in [5.41, 5.74) is 0. The lowest BCUT2D eigenvalue weighted by Crippen LogP contribution is -2.42. The van der Waals surface area contributed by atoms with E-state index >= 15 is 0 Å². The SMILES string of the molecule is C#CCNC(=O)COC(=O)[C@@H]1CCCN1S(=O)(=O)c1ccc(F)cc1. The second kappa shape index (κ2) is 8.09.